The molecule has 2 aromatic carbocycles. The average Bonchev–Trinajstić information content (AvgIpc) is 3.17. The number of nitrogens with zero attached hydrogens (tertiary/aromatic N) is 2. The lowest BCUT2D eigenvalue weighted by atomic mass is 10.2. The van der Waals surface area contributed by atoms with Gasteiger partial charge in [-0.2, -0.15) is 0 Å². The van der Waals surface area contributed by atoms with Crippen molar-refractivity contribution in [2.45, 2.75) is 18.0 Å². The summed E-state index contributed by atoms with van der Waals surface area (Å²) in [5.41, 5.74) is 1.01. The van der Waals surface area contributed by atoms with E-state index in [0.717, 1.165) is 26.5 Å². The summed E-state index contributed by atoms with van der Waals surface area (Å²) in [5.74, 6) is -2.05. The Kier molecular flexibility index (Phi) is 5.50. The number of thiophene rings is 1. The summed E-state index contributed by atoms with van der Waals surface area (Å²) in [7, 11) is -4.02. The number of aromatic nitrogens is 1. The number of aliphatic hydroxyl groups is 1. The second kappa shape index (κ2) is 8.10. The summed E-state index contributed by atoms with van der Waals surface area (Å²) in [5, 5.41) is 10.6. The number of anilines is 1. The Morgan fingerprint density at radius 1 is 1.00 bits per heavy atom. The van der Waals surface area contributed by atoms with Gasteiger partial charge in [-0.1, -0.05) is 18.2 Å². The molecule has 154 valence electrons. The maximum atomic E-state index is 13.7. The molecule has 0 spiro atoms. The maximum absolute atomic E-state index is 13.7. The van der Waals surface area contributed by atoms with Crippen LogP contribution in [0.4, 0.5) is 13.8 Å². The number of sulfonamides is 1. The molecule has 0 bridgehead atoms. The molecular weight excluding hydrogens is 430 g/mol. The van der Waals surface area contributed by atoms with Crippen molar-refractivity contribution in [2.75, 3.05) is 4.31 Å². The summed E-state index contributed by atoms with van der Waals surface area (Å²) in [4.78, 5) is 3.87. The quantitative estimate of drug-likeness (QED) is 0.475. The van der Waals surface area contributed by atoms with Gasteiger partial charge in [0.2, 0.25) is 0 Å². The van der Waals surface area contributed by atoms with Crippen LogP contribution in [-0.2, 0) is 23.2 Å². The molecule has 0 radical (unpaired) electrons. The van der Waals surface area contributed by atoms with E-state index in [2.05, 4.69) is 4.98 Å². The predicted octanol–water partition coefficient (Wildman–Crippen LogP) is 4.46. The first-order valence-corrected chi connectivity index (χ1v) is 11.1. The molecule has 0 aliphatic rings. The van der Waals surface area contributed by atoms with Crippen LogP contribution in [0.5, 0.6) is 0 Å². The van der Waals surface area contributed by atoms with Gasteiger partial charge < -0.3 is 5.11 Å². The molecule has 9 heteroatoms. The van der Waals surface area contributed by atoms with Crippen LogP contribution in [0.25, 0.3) is 10.1 Å². The van der Waals surface area contributed by atoms with Gasteiger partial charge in [-0.15, -0.1) is 11.3 Å². The zero-order valence-electron chi connectivity index (χ0n) is 15.5. The Morgan fingerprint density at radius 2 is 1.80 bits per heavy atom. The van der Waals surface area contributed by atoms with Crippen LogP contribution in [0.15, 0.2) is 71.9 Å². The van der Waals surface area contributed by atoms with Crippen LogP contribution in [0.2, 0.25) is 0 Å². The minimum absolute atomic E-state index is 0.0129. The lowest BCUT2D eigenvalue weighted by Crippen LogP contribution is -2.30. The normalized spacial score (nSPS) is 11.7. The van der Waals surface area contributed by atoms with Gasteiger partial charge in [0.05, 0.1) is 13.2 Å². The number of rotatable bonds is 6. The SMILES string of the molecule is O=S(=O)(c1cccnc1)N(Cc1ccc(F)c(F)c1)c1cc2ccc(CO)cc2s1. The van der Waals surface area contributed by atoms with Crippen LogP contribution in [0.3, 0.4) is 0 Å². The van der Waals surface area contributed by atoms with E-state index < -0.39 is 21.7 Å². The molecule has 0 amide bonds. The average molecular weight is 447 g/mol. The highest BCUT2D eigenvalue weighted by Crippen LogP contribution is 2.37. The molecule has 0 aliphatic carbocycles. The second-order valence-electron chi connectivity index (χ2n) is 6.56. The first kappa shape index (κ1) is 20.4. The van der Waals surface area contributed by atoms with Gasteiger partial charge in [-0.3, -0.25) is 9.29 Å². The highest BCUT2D eigenvalue weighted by atomic mass is 32.2. The van der Waals surface area contributed by atoms with Gasteiger partial charge in [0.25, 0.3) is 10.0 Å². The first-order valence-electron chi connectivity index (χ1n) is 8.88. The smallest absolute Gasteiger partial charge is 0.266 e. The van der Waals surface area contributed by atoms with Gasteiger partial charge in [-0.25, -0.2) is 17.2 Å². The molecule has 0 aliphatic heterocycles. The van der Waals surface area contributed by atoms with Crippen molar-refractivity contribution in [3.05, 3.63) is 89.8 Å². The van der Waals surface area contributed by atoms with Crippen molar-refractivity contribution in [2.24, 2.45) is 0 Å². The monoisotopic (exact) mass is 446 g/mol. The fourth-order valence-electron chi connectivity index (χ4n) is 2.99. The highest BCUT2D eigenvalue weighted by Gasteiger charge is 2.27. The number of fused-ring (bicyclic) bond motifs is 1. The summed E-state index contributed by atoms with van der Waals surface area (Å²) in [6.45, 7) is -0.316. The second-order valence-corrected chi connectivity index (χ2v) is 9.49. The predicted molar refractivity (Wildman–Crippen MR) is 112 cm³/mol. The van der Waals surface area contributed by atoms with Gasteiger partial charge in [-0.05, 0) is 52.9 Å². The fraction of sp³-hybridized carbons (Fsp3) is 0.0952. The van der Waals surface area contributed by atoms with Crippen LogP contribution in [0.1, 0.15) is 11.1 Å². The third-order valence-corrected chi connectivity index (χ3v) is 7.51. The molecule has 1 N–H and O–H groups in total. The number of halogens is 2. The summed E-state index contributed by atoms with van der Waals surface area (Å²) >= 11 is 1.23. The van der Waals surface area contributed by atoms with Crippen LogP contribution < -0.4 is 4.31 Å². The molecule has 30 heavy (non-hydrogen) atoms. The Labute approximate surface area is 175 Å². The Hall–Kier alpha value is -2.88. The molecule has 4 rings (SSSR count). The molecule has 4 aromatic rings. The molecule has 0 atom stereocenters. The fourth-order valence-corrected chi connectivity index (χ4v) is 5.74. The Morgan fingerprint density at radius 3 is 2.50 bits per heavy atom. The van der Waals surface area contributed by atoms with E-state index in [-0.39, 0.29) is 18.0 Å². The van der Waals surface area contributed by atoms with Crippen molar-refractivity contribution in [1.29, 1.82) is 0 Å². The molecular formula is C21H16F2N2O3S2. The number of hydrogen-bond acceptors (Lipinski definition) is 5. The highest BCUT2D eigenvalue weighted by molar-refractivity contribution is 7.93. The van der Waals surface area contributed by atoms with E-state index >= 15 is 0 Å². The van der Waals surface area contributed by atoms with Crippen LogP contribution in [0, 0.1) is 11.6 Å². The van der Waals surface area contributed by atoms with Gasteiger partial charge in [0.15, 0.2) is 11.6 Å². The number of aliphatic hydroxyl groups excluding tert-OH is 1. The van der Waals surface area contributed by atoms with E-state index in [1.165, 1.54) is 41.9 Å². The molecule has 2 heterocycles. The summed E-state index contributed by atoms with van der Waals surface area (Å²) in [6, 6.07) is 13.3. The largest absolute Gasteiger partial charge is 0.392 e. The van der Waals surface area contributed by atoms with Crippen LogP contribution >= 0.6 is 11.3 Å². The van der Waals surface area contributed by atoms with Crippen molar-refractivity contribution < 1.29 is 22.3 Å². The topological polar surface area (TPSA) is 70.5 Å². The molecule has 5 nitrogen and oxygen atoms in total. The Balaban J connectivity index is 1.83. The standard InChI is InChI=1S/C21H16F2N2O3S2/c22-18-6-4-14(8-19(18)23)12-25(30(27,28)17-2-1-7-24-11-17)21-10-16-5-3-15(13-26)9-20(16)29-21/h1-11,26H,12-13H2. The van der Waals surface area contributed by atoms with Crippen molar-refractivity contribution in [3.8, 4) is 0 Å². The third kappa shape index (κ3) is 3.91. The third-order valence-electron chi connectivity index (χ3n) is 4.53. The van der Waals surface area contributed by atoms with Crippen molar-refractivity contribution >= 4 is 36.4 Å². The Bertz CT molecular complexity index is 1310. The van der Waals surface area contributed by atoms with Gasteiger partial charge in [0, 0.05) is 17.1 Å². The molecule has 0 saturated carbocycles. The van der Waals surface area contributed by atoms with Gasteiger partial charge >= 0.3 is 0 Å². The minimum atomic E-state index is -4.02. The lowest BCUT2D eigenvalue weighted by molar-refractivity contribution is 0.282. The van der Waals surface area contributed by atoms with E-state index in [9.17, 15) is 22.3 Å². The molecule has 2 aromatic heterocycles. The summed E-state index contributed by atoms with van der Waals surface area (Å²) in [6.07, 6.45) is 2.71. The summed E-state index contributed by atoms with van der Waals surface area (Å²) < 4.78 is 55.8. The van der Waals surface area contributed by atoms with E-state index in [4.69, 9.17) is 0 Å². The number of benzene rings is 2. The van der Waals surface area contributed by atoms with E-state index in [1.807, 2.05) is 0 Å². The molecule has 0 saturated heterocycles. The van der Waals surface area contributed by atoms with Crippen molar-refractivity contribution in [1.82, 2.24) is 4.98 Å². The van der Waals surface area contributed by atoms with Crippen molar-refractivity contribution in [3.63, 3.8) is 0 Å². The van der Waals surface area contributed by atoms with Gasteiger partial charge in [0.1, 0.15) is 9.90 Å². The number of hydrogen-bond donors (Lipinski definition) is 1. The maximum Gasteiger partial charge on any atom is 0.266 e. The zero-order valence-corrected chi connectivity index (χ0v) is 17.1. The number of pyridine rings is 1. The van der Waals surface area contributed by atoms with E-state index in [0.29, 0.717) is 16.1 Å². The lowest BCUT2D eigenvalue weighted by Gasteiger charge is -2.23. The minimum Gasteiger partial charge on any atom is -0.392 e. The first-order chi connectivity index (χ1) is 14.4. The zero-order chi connectivity index (χ0) is 21.3. The van der Waals surface area contributed by atoms with Crippen LogP contribution in [-0.4, -0.2) is 18.5 Å². The molecule has 0 fully saturated rings. The van der Waals surface area contributed by atoms with E-state index in [1.54, 1.807) is 24.3 Å². The molecule has 0 unspecified atom stereocenters.